The Balaban J connectivity index is 2.27. The van der Waals surface area contributed by atoms with Gasteiger partial charge in [0.15, 0.2) is 0 Å². The highest BCUT2D eigenvalue weighted by molar-refractivity contribution is 5.80. The maximum Gasteiger partial charge on any atom is 0.0940 e. The van der Waals surface area contributed by atoms with Crippen LogP contribution in [0.4, 0.5) is 0 Å². The molecule has 0 aromatic heterocycles. The van der Waals surface area contributed by atoms with Gasteiger partial charge in [0.2, 0.25) is 0 Å². The highest BCUT2D eigenvalue weighted by Gasteiger charge is 2.17. The van der Waals surface area contributed by atoms with Gasteiger partial charge in [0, 0.05) is 19.5 Å². The molecule has 0 aromatic rings. The molecule has 0 radical (unpaired) electrons. The number of rotatable bonds is 5. The molecule has 0 unspecified atom stereocenters. The van der Waals surface area contributed by atoms with Crippen LogP contribution in [-0.4, -0.2) is 36.4 Å². The van der Waals surface area contributed by atoms with E-state index in [9.17, 15) is 0 Å². The van der Waals surface area contributed by atoms with Crippen LogP contribution in [0, 0.1) is 0 Å². The number of likely N-dealkylation sites (tertiary alicyclic amines) is 1. The van der Waals surface area contributed by atoms with Crippen molar-refractivity contribution >= 4 is 5.84 Å². The fourth-order valence-corrected chi connectivity index (χ4v) is 2.14. The summed E-state index contributed by atoms with van der Waals surface area (Å²) in [6.07, 6.45) is 5.68. The molecule has 2 N–H and O–H groups in total. The Morgan fingerprint density at radius 1 is 1.27 bits per heavy atom. The zero-order chi connectivity index (χ0) is 11.1. The van der Waals surface area contributed by atoms with E-state index in [0.717, 1.165) is 18.7 Å². The van der Waals surface area contributed by atoms with Crippen LogP contribution in [0.5, 0.6) is 0 Å². The summed E-state index contributed by atoms with van der Waals surface area (Å²) in [4.78, 5) is 7.12. The molecule has 0 atom stereocenters. The number of aliphatic imine (C=N–C) groups is 1. The Labute approximate surface area is 93.7 Å². The van der Waals surface area contributed by atoms with Crippen molar-refractivity contribution in [1.29, 1.82) is 0 Å². The van der Waals surface area contributed by atoms with E-state index < -0.39 is 0 Å². The van der Waals surface area contributed by atoms with Crippen LogP contribution in [0.3, 0.4) is 0 Å². The largest absolute Gasteiger partial charge is 0.387 e. The van der Waals surface area contributed by atoms with Gasteiger partial charge in [0.1, 0.15) is 0 Å². The van der Waals surface area contributed by atoms with Gasteiger partial charge in [-0.1, -0.05) is 13.8 Å². The molecule has 1 rings (SSSR count). The number of amidine groups is 1. The molecule has 0 spiro atoms. The maximum absolute atomic E-state index is 5.84. The summed E-state index contributed by atoms with van der Waals surface area (Å²) in [6, 6.07) is 0.490. The molecule has 88 valence electrons. The van der Waals surface area contributed by atoms with Crippen molar-refractivity contribution in [3.05, 3.63) is 0 Å². The molecule has 0 saturated carbocycles. The predicted molar refractivity (Wildman–Crippen MR) is 66.3 cm³/mol. The number of piperidine rings is 1. The minimum atomic E-state index is 0.490. The van der Waals surface area contributed by atoms with Crippen LogP contribution < -0.4 is 5.73 Å². The molecular weight excluding hydrogens is 186 g/mol. The molecule has 0 amide bonds. The second-order valence-corrected chi connectivity index (χ2v) is 4.44. The van der Waals surface area contributed by atoms with Crippen LogP contribution >= 0.6 is 0 Å². The van der Waals surface area contributed by atoms with Gasteiger partial charge in [-0.05, 0) is 32.2 Å². The summed E-state index contributed by atoms with van der Waals surface area (Å²) < 4.78 is 0. The van der Waals surface area contributed by atoms with E-state index in [2.05, 4.69) is 23.7 Å². The van der Waals surface area contributed by atoms with Crippen molar-refractivity contribution < 1.29 is 0 Å². The van der Waals surface area contributed by atoms with E-state index >= 15 is 0 Å². The lowest BCUT2D eigenvalue weighted by Gasteiger charge is -2.29. The van der Waals surface area contributed by atoms with Crippen LogP contribution in [0.2, 0.25) is 0 Å². The zero-order valence-corrected chi connectivity index (χ0v) is 10.2. The Morgan fingerprint density at radius 2 is 1.93 bits per heavy atom. The number of nitrogens with two attached hydrogens (primary N) is 1. The Kier molecular flexibility index (Phi) is 5.69. The minimum absolute atomic E-state index is 0.490. The predicted octanol–water partition coefficient (Wildman–Crippen LogP) is 2.02. The van der Waals surface area contributed by atoms with E-state index in [4.69, 9.17) is 5.73 Å². The second kappa shape index (κ2) is 6.83. The summed E-state index contributed by atoms with van der Waals surface area (Å²) in [6.45, 7) is 8.01. The summed E-state index contributed by atoms with van der Waals surface area (Å²) in [7, 11) is 0. The third-order valence-electron chi connectivity index (χ3n) is 2.95. The molecule has 1 aliphatic rings. The first kappa shape index (κ1) is 12.5. The molecule has 15 heavy (non-hydrogen) atoms. The van der Waals surface area contributed by atoms with E-state index in [0.29, 0.717) is 6.04 Å². The minimum Gasteiger partial charge on any atom is -0.387 e. The number of hydrogen-bond donors (Lipinski definition) is 1. The van der Waals surface area contributed by atoms with Crippen molar-refractivity contribution in [3.63, 3.8) is 0 Å². The Hall–Kier alpha value is -0.570. The van der Waals surface area contributed by atoms with Gasteiger partial charge in [-0.2, -0.15) is 0 Å². The van der Waals surface area contributed by atoms with Crippen molar-refractivity contribution in [2.24, 2.45) is 10.7 Å². The van der Waals surface area contributed by atoms with Crippen LogP contribution in [-0.2, 0) is 0 Å². The van der Waals surface area contributed by atoms with E-state index in [-0.39, 0.29) is 0 Å². The molecule has 1 saturated heterocycles. The quantitative estimate of drug-likeness (QED) is 0.558. The van der Waals surface area contributed by atoms with Gasteiger partial charge in [-0.3, -0.25) is 4.99 Å². The molecule has 3 nitrogen and oxygen atoms in total. The van der Waals surface area contributed by atoms with Crippen LogP contribution in [0.1, 0.15) is 46.0 Å². The van der Waals surface area contributed by atoms with Gasteiger partial charge in [-0.25, -0.2) is 0 Å². The SMILES string of the molecule is CCCC(N)=NC1CCN(CCC)CC1. The number of nitrogens with zero attached hydrogens (tertiary/aromatic N) is 2. The van der Waals surface area contributed by atoms with E-state index in [1.165, 1.54) is 38.9 Å². The lowest BCUT2D eigenvalue weighted by atomic mass is 10.1. The summed E-state index contributed by atoms with van der Waals surface area (Å²) in [5, 5.41) is 0. The molecule has 0 aliphatic carbocycles. The number of hydrogen-bond acceptors (Lipinski definition) is 2. The highest BCUT2D eigenvalue weighted by atomic mass is 15.1. The average molecular weight is 211 g/mol. The van der Waals surface area contributed by atoms with Crippen LogP contribution in [0.25, 0.3) is 0 Å². The highest BCUT2D eigenvalue weighted by Crippen LogP contribution is 2.14. The average Bonchev–Trinajstić information content (AvgIpc) is 2.22. The molecule has 1 heterocycles. The molecule has 1 aliphatic heterocycles. The Bertz CT molecular complexity index is 193. The maximum atomic E-state index is 5.84. The van der Waals surface area contributed by atoms with Gasteiger partial charge in [0.05, 0.1) is 11.9 Å². The second-order valence-electron chi connectivity index (χ2n) is 4.44. The summed E-state index contributed by atoms with van der Waals surface area (Å²) in [5.41, 5.74) is 5.84. The van der Waals surface area contributed by atoms with E-state index in [1.54, 1.807) is 0 Å². The zero-order valence-electron chi connectivity index (χ0n) is 10.2. The molecular formula is C12H25N3. The van der Waals surface area contributed by atoms with Gasteiger partial charge in [-0.15, -0.1) is 0 Å². The topological polar surface area (TPSA) is 41.6 Å². The third kappa shape index (κ3) is 4.65. The van der Waals surface area contributed by atoms with Gasteiger partial charge in [0.25, 0.3) is 0 Å². The van der Waals surface area contributed by atoms with Crippen molar-refractivity contribution in [1.82, 2.24) is 4.90 Å². The standard InChI is InChI=1S/C12H25N3/c1-3-5-12(13)14-11-6-9-15(8-4-2)10-7-11/h11H,3-10H2,1-2H3,(H2,13,14). The third-order valence-corrected chi connectivity index (χ3v) is 2.95. The molecule has 1 fully saturated rings. The first-order chi connectivity index (χ1) is 7.26. The monoisotopic (exact) mass is 211 g/mol. The fourth-order valence-electron chi connectivity index (χ4n) is 2.14. The van der Waals surface area contributed by atoms with Gasteiger partial charge >= 0.3 is 0 Å². The van der Waals surface area contributed by atoms with E-state index in [1.807, 2.05) is 0 Å². The van der Waals surface area contributed by atoms with Crippen LogP contribution in [0.15, 0.2) is 4.99 Å². The molecule has 0 bridgehead atoms. The van der Waals surface area contributed by atoms with Crippen molar-refractivity contribution in [3.8, 4) is 0 Å². The molecule has 0 aromatic carbocycles. The Morgan fingerprint density at radius 3 is 2.47 bits per heavy atom. The van der Waals surface area contributed by atoms with Gasteiger partial charge < -0.3 is 10.6 Å². The summed E-state index contributed by atoms with van der Waals surface area (Å²) in [5.74, 6) is 0.853. The van der Waals surface area contributed by atoms with Crippen molar-refractivity contribution in [2.45, 2.75) is 52.0 Å². The first-order valence-electron chi connectivity index (χ1n) is 6.30. The summed E-state index contributed by atoms with van der Waals surface area (Å²) >= 11 is 0. The van der Waals surface area contributed by atoms with Crippen molar-refractivity contribution in [2.75, 3.05) is 19.6 Å². The normalized spacial score (nSPS) is 20.8. The lowest BCUT2D eigenvalue weighted by Crippen LogP contribution is -2.36. The lowest BCUT2D eigenvalue weighted by molar-refractivity contribution is 0.214. The first-order valence-corrected chi connectivity index (χ1v) is 6.30. The smallest absolute Gasteiger partial charge is 0.0940 e. The molecule has 3 heteroatoms. The fraction of sp³-hybridized carbons (Fsp3) is 0.917.